The Balaban J connectivity index is 1.55. The smallest absolute Gasteiger partial charge is 0.240 e. The molecule has 0 atom stereocenters. The van der Waals surface area contributed by atoms with Gasteiger partial charge < -0.3 is 5.32 Å². The number of carbonyl (C=O) groups is 1. The third kappa shape index (κ3) is 5.14. The Morgan fingerprint density at radius 3 is 2.40 bits per heavy atom. The predicted molar refractivity (Wildman–Crippen MR) is 101 cm³/mol. The maximum atomic E-state index is 12.1. The highest BCUT2D eigenvalue weighted by atomic mass is 79.9. The molecule has 7 heteroatoms. The van der Waals surface area contributed by atoms with Crippen LogP contribution in [0.15, 0.2) is 57.9 Å². The normalized spacial score (nSPS) is 14.3. The SMILES string of the molecule is O=C(CCc1ccc(S(=O)(=O)NC2CC2)cc1)Nc1ccccc1Br. The molecule has 0 bridgehead atoms. The minimum Gasteiger partial charge on any atom is -0.325 e. The Hall–Kier alpha value is -1.70. The van der Waals surface area contributed by atoms with E-state index in [-0.39, 0.29) is 16.8 Å². The van der Waals surface area contributed by atoms with E-state index in [0.717, 1.165) is 28.6 Å². The van der Waals surface area contributed by atoms with Gasteiger partial charge in [-0.2, -0.15) is 0 Å². The zero-order valence-corrected chi connectivity index (χ0v) is 15.9. The Kier molecular flexibility index (Phi) is 5.56. The van der Waals surface area contributed by atoms with Gasteiger partial charge in [-0.15, -0.1) is 0 Å². The van der Waals surface area contributed by atoms with Gasteiger partial charge in [-0.3, -0.25) is 4.79 Å². The summed E-state index contributed by atoms with van der Waals surface area (Å²) in [4.78, 5) is 12.3. The Labute approximate surface area is 156 Å². The largest absolute Gasteiger partial charge is 0.325 e. The van der Waals surface area contributed by atoms with Gasteiger partial charge in [0, 0.05) is 16.9 Å². The van der Waals surface area contributed by atoms with Crippen molar-refractivity contribution in [3.8, 4) is 0 Å². The Bertz CT molecular complexity index is 862. The second kappa shape index (κ2) is 7.68. The summed E-state index contributed by atoms with van der Waals surface area (Å²) in [6.07, 6.45) is 2.69. The molecule has 0 unspecified atom stereocenters. The van der Waals surface area contributed by atoms with Crippen LogP contribution in [0.25, 0.3) is 0 Å². The molecule has 1 fully saturated rings. The van der Waals surface area contributed by atoms with Crippen LogP contribution in [0.1, 0.15) is 24.8 Å². The number of rotatable bonds is 7. The molecule has 0 radical (unpaired) electrons. The van der Waals surface area contributed by atoms with Crippen LogP contribution in [0, 0.1) is 0 Å². The summed E-state index contributed by atoms with van der Waals surface area (Å²) in [6.45, 7) is 0. The van der Waals surface area contributed by atoms with Crippen molar-refractivity contribution < 1.29 is 13.2 Å². The molecule has 1 aliphatic rings. The first kappa shape index (κ1) is 18.1. The van der Waals surface area contributed by atoms with Crippen molar-refractivity contribution in [2.45, 2.75) is 36.6 Å². The second-order valence-corrected chi connectivity index (χ2v) is 8.64. The van der Waals surface area contributed by atoms with E-state index < -0.39 is 10.0 Å². The lowest BCUT2D eigenvalue weighted by Gasteiger charge is -2.08. The van der Waals surface area contributed by atoms with E-state index in [2.05, 4.69) is 26.0 Å². The molecule has 1 saturated carbocycles. The molecule has 2 aromatic rings. The van der Waals surface area contributed by atoms with Crippen molar-refractivity contribution in [1.82, 2.24) is 4.72 Å². The van der Waals surface area contributed by atoms with Crippen molar-refractivity contribution in [3.63, 3.8) is 0 Å². The lowest BCUT2D eigenvalue weighted by Crippen LogP contribution is -2.25. The summed E-state index contributed by atoms with van der Waals surface area (Å²) in [7, 11) is -3.43. The third-order valence-electron chi connectivity index (χ3n) is 3.92. The van der Waals surface area contributed by atoms with Gasteiger partial charge in [0.2, 0.25) is 15.9 Å². The molecule has 25 heavy (non-hydrogen) atoms. The van der Waals surface area contributed by atoms with E-state index in [1.807, 2.05) is 24.3 Å². The fourth-order valence-electron chi connectivity index (χ4n) is 2.36. The molecule has 132 valence electrons. The van der Waals surface area contributed by atoms with E-state index in [0.29, 0.717) is 12.8 Å². The summed E-state index contributed by atoms with van der Waals surface area (Å²) in [6, 6.07) is 14.2. The average Bonchev–Trinajstić information content (AvgIpc) is 3.39. The number of benzene rings is 2. The maximum Gasteiger partial charge on any atom is 0.240 e. The average molecular weight is 423 g/mol. The number of hydrogen-bond acceptors (Lipinski definition) is 3. The van der Waals surface area contributed by atoms with Crippen LogP contribution in [-0.2, 0) is 21.2 Å². The molecule has 0 saturated heterocycles. The van der Waals surface area contributed by atoms with Crippen LogP contribution in [0.5, 0.6) is 0 Å². The molecule has 2 N–H and O–H groups in total. The molecular weight excluding hydrogens is 404 g/mol. The van der Waals surface area contributed by atoms with Gasteiger partial charge in [0.25, 0.3) is 0 Å². The number of hydrogen-bond donors (Lipinski definition) is 2. The zero-order chi connectivity index (χ0) is 17.9. The quantitative estimate of drug-likeness (QED) is 0.716. The number of para-hydroxylation sites is 1. The van der Waals surface area contributed by atoms with Gasteiger partial charge >= 0.3 is 0 Å². The minimum atomic E-state index is -3.43. The molecule has 3 rings (SSSR count). The summed E-state index contributed by atoms with van der Waals surface area (Å²) in [5.74, 6) is -0.0843. The van der Waals surface area contributed by atoms with Gasteiger partial charge in [-0.05, 0) is 65.0 Å². The molecular formula is C18H19BrN2O3S. The van der Waals surface area contributed by atoms with Crippen molar-refractivity contribution >= 4 is 37.5 Å². The first-order chi connectivity index (χ1) is 11.9. The van der Waals surface area contributed by atoms with Gasteiger partial charge in [-0.1, -0.05) is 24.3 Å². The molecule has 0 aliphatic heterocycles. The van der Waals surface area contributed by atoms with Crippen LogP contribution in [-0.4, -0.2) is 20.4 Å². The highest BCUT2D eigenvalue weighted by Gasteiger charge is 2.27. The van der Waals surface area contributed by atoms with Gasteiger partial charge in [0.15, 0.2) is 0 Å². The lowest BCUT2D eigenvalue weighted by atomic mass is 10.1. The van der Waals surface area contributed by atoms with Gasteiger partial charge in [-0.25, -0.2) is 13.1 Å². The van der Waals surface area contributed by atoms with Crippen LogP contribution < -0.4 is 10.0 Å². The van der Waals surface area contributed by atoms with Crippen molar-refractivity contribution in [2.75, 3.05) is 5.32 Å². The monoisotopic (exact) mass is 422 g/mol. The summed E-state index contributed by atoms with van der Waals surface area (Å²) in [5, 5.41) is 2.85. The Morgan fingerprint density at radius 1 is 1.08 bits per heavy atom. The minimum absolute atomic E-state index is 0.0843. The van der Waals surface area contributed by atoms with Crippen molar-refractivity contribution in [1.29, 1.82) is 0 Å². The standard InChI is InChI=1S/C18H19BrN2O3S/c19-16-3-1-2-4-17(16)20-18(22)12-7-13-5-10-15(11-6-13)25(23,24)21-14-8-9-14/h1-6,10-11,14,21H,7-9,12H2,(H,20,22). The Morgan fingerprint density at radius 2 is 1.76 bits per heavy atom. The van der Waals surface area contributed by atoms with Crippen LogP contribution >= 0.6 is 15.9 Å². The first-order valence-electron chi connectivity index (χ1n) is 8.10. The second-order valence-electron chi connectivity index (χ2n) is 6.07. The van der Waals surface area contributed by atoms with Crippen LogP contribution in [0.2, 0.25) is 0 Å². The van der Waals surface area contributed by atoms with E-state index in [9.17, 15) is 13.2 Å². The molecule has 5 nitrogen and oxygen atoms in total. The van der Waals surface area contributed by atoms with E-state index in [4.69, 9.17) is 0 Å². The first-order valence-corrected chi connectivity index (χ1v) is 10.4. The van der Waals surface area contributed by atoms with Crippen molar-refractivity contribution in [2.24, 2.45) is 0 Å². The number of sulfonamides is 1. The molecule has 0 aromatic heterocycles. The number of anilines is 1. The van der Waals surface area contributed by atoms with E-state index >= 15 is 0 Å². The van der Waals surface area contributed by atoms with Crippen molar-refractivity contribution in [3.05, 3.63) is 58.6 Å². The van der Waals surface area contributed by atoms with E-state index in [1.54, 1.807) is 24.3 Å². The lowest BCUT2D eigenvalue weighted by molar-refractivity contribution is -0.116. The van der Waals surface area contributed by atoms with E-state index in [1.165, 1.54) is 0 Å². The number of carbonyl (C=O) groups excluding carboxylic acids is 1. The molecule has 0 heterocycles. The number of aryl methyl sites for hydroxylation is 1. The van der Waals surface area contributed by atoms with Crippen LogP contribution in [0.4, 0.5) is 5.69 Å². The topological polar surface area (TPSA) is 75.3 Å². The van der Waals surface area contributed by atoms with Crippen LogP contribution in [0.3, 0.4) is 0 Å². The van der Waals surface area contributed by atoms with Gasteiger partial charge in [0.1, 0.15) is 0 Å². The molecule has 1 amide bonds. The fourth-order valence-corrected chi connectivity index (χ4v) is 4.05. The summed E-state index contributed by atoms with van der Waals surface area (Å²) >= 11 is 3.39. The number of halogens is 1. The highest BCUT2D eigenvalue weighted by Crippen LogP contribution is 2.23. The predicted octanol–water partition coefficient (Wildman–Crippen LogP) is 3.46. The summed E-state index contributed by atoms with van der Waals surface area (Å²) < 4.78 is 27.7. The molecule has 0 spiro atoms. The highest BCUT2D eigenvalue weighted by molar-refractivity contribution is 9.10. The molecule has 1 aliphatic carbocycles. The van der Waals surface area contributed by atoms with Gasteiger partial charge in [0.05, 0.1) is 10.6 Å². The number of nitrogens with one attached hydrogen (secondary N) is 2. The zero-order valence-electron chi connectivity index (χ0n) is 13.5. The fraction of sp³-hybridized carbons (Fsp3) is 0.278. The maximum absolute atomic E-state index is 12.1. The summed E-state index contributed by atoms with van der Waals surface area (Å²) in [5.41, 5.74) is 1.66. The third-order valence-corrected chi connectivity index (χ3v) is 6.15. The number of amides is 1. The molecule has 2 aromatic carbocycles.